The number of rotatable bonds is 6. The molecule has 2 heterocycles. The quantitative estimate of drug-likeness (QED) is 0.570. The van der Waals surface area contributed by atoms with Crippen LogP contribution in [0.1, 0.15) is 11.1 Å². The van der Waals surface area contributed by atoms with Crippen LogP contribution in [0.5, 0.6) is 17.2 Å². The Morgan fingerprint density at radius 3 is 2.86 bits per heavy atom. The van der Waals surface area contributed by atoms with Crippen molar-refractivity contribution < 1.29 is 27.8 Å². The third kappa shape index (κ3) is 3.76. The van der Waals surface area contributed by atoms with Gasteiger partial charge in [-0.25, -0.2) is 4.39 Å². The van der Waals surface area contributed by atoms with Gasteiger partial charge in [-0.2, -0.15) is 0 Å². The van der Waals surface area contributed by atoms with Crippen molar-refractivity contribution in [3.8, 4) is 28.7 Å². The highest BCUT2D eigenvalue weighted by atomic mass is 32.2. The van der Waals surface area contributed by atoms with Crippen LogP contribution in [0.4, 0.5) is 4.39 Å². The lowest BCUT2D eigenvalue weighted by molar-refractivity contribution is -0.0171. The molecule has 0 radical (unpaired) electrons. The van der Waals surface area contributed by atoms with Crippen LogP contribution in [0.2, 0.25) is 0 Å². The summed E-state index contributed by atoms with van der Waals surface area (Å²) < 4.78 is 40.9. The van der Waals surface area contributed by atoms with Gasteiger partial charge in [-0.15, -0.1) is 10.2 Å². The standard InChI is InChI=1S/C19H17FN2O5S/c1-23-14-3-4-15(16(7-14)24-2)18-21-22-19(27-18)28-9-12-6-13(20)5-11-8-25-10-26-17(11)12/h3-7H,8-10H2,1-2H3. The second-order valence-corrected chi connectivity index (χ2v) is 6.82. The van der Waals surface area contributed by atoms with Gasteiger partial charge in [0.15, 0.2) is 6.79 Å². The number of hydrogen-bond donors (Lipinski definition) is 0. The van der Waals surface area contributed by atoms with E-state index in [2.05, 4.69) is 10.2 Å². The van der Waals surface area contributed by atoms with Gasteiger partial charge in [0.2, 0.25) is 0 Å². The fourth-order valence-electron chi connectivity index (χ4n) is 2.86. The van der Waals surface area contributed by atoms with Crippen molar-refractivity contribution in [3.05, 3.63) is 47.3 Å². The van der Waals surface area contributed by atoms with E-state index >= 15 is 0 Å². The number of aromatic nitrogens is 2. The zero-order valence-electron chi connectivity index (χ0n) is 15.2. The SMILES string of the molecule is COc1ccc(-c2nnc(SCc3cc(F)cc4c3OCOC4)o2)c(OC)c1. The van der Waals surface area contributed by atoms with Crippen LogP contribution in [0.3, 0.4) is 0 Å². The molecule has 9 heteroatoms. The van der Waals surface area contributed by atoms with Crippen molar-refractivity contribution in [1.82, 2.24) is 10.2 Å². The fraction of sp³-hybridized carbons (Fsp3) is 0.263. The number of hydrogen-bond acceptors (Lipinski definition) is 8. The van der Waals surface area contributed by atoms with Crippen LogP contribution in [0, 0.1) is 5.82 Å². The van der Waals surface area contributed by atoms with Gasteiger partial charge >= 0.3 is 0 Å². The van der Waals surface area contributed by atoms with Gasteiger partial charge in [0.05, 0.1) is 26.4 Å². The third-order valence-corrected chi connectivity index (χ3v) is 5.02. The Hall–Kier alpha value is -2.78. The molecular formula is C19H17FN2O5S. The van der Waals surface area contributed by atoms with Crippen LogP contribution >= 0.6 is 11.8 Å². The molecule has 4 rings (SSSR count). The topological polar surface area (TPSA) is 75.8 Å². The molecule has 0 atom stereocenters. The van der Waals surface area contributed by atoms with Crippen molar-refractivity contribution in [2.45, 2.75) is 17.6 Å². The highest BCUT2D eigenvalue weighted by molar-refractivity contribution is 7.98. The lowest BCUT2D eigenvalue weighted by Gasteiger charge is -2.20. The molecule has 0 aliphatic carbocycles. The Morgan fingerprint density at radius 1 is 1.14 bits per heavy atom. The number of fused-ring (bicyclic) bond motifs is 1. The van der Waals surface area contributed by atoms with Crippen LogP contribution in [0.15, 0.2) is 40.0 Å². The van der Waals surface area contributed by atoms with Crippen LogP contribution < -0.4 is 14.2 Å². The summed E-state index contributed by atoms with van der Waals surface area (Å²) >= 11 is 1.30. The predicted molar refractivity (Wildman–Crippen MR) is 99.1 cm³/mol. The molecule has 0 saturated heterocycles. The van der Waals surface area contributed by atoms with Crippen LogP contribution in [-0.2, 0) is 17.1 Å². The number of thioether (sulfide) groups is 1. The molecule has 1 aliphatic rings. The molecule has 1 aliphatic heterocycles. The maximum absolute atomic E-state index is 13.9. The summed E-state index contributed by atoms with van der Waals surface area (Å²) in [6.45, 7) is 0.477. The van der Waals surface area contributed by atoms with Crippen LogP contribution in [0.25, 0.3) is 11.5 Å². The van der Waals surface area contributed by atoms with E-state index in [0.29, 0.717) is 57.4 Å². The molecule has 1 aromatic heterocycles. The van der Waals surface area contributed by atoms with Gasteiger partial charge in [0.25, 0.3) is 11.1 Å². The molecule has 146 valence electrons. The average Bonchev–Trinajstić information content (AvgIpc) is 3.20. The van der Waals surface area contributed by atoms with E-state index in [4.69, 9.17) is 23.4 Å². The highest BCUT2D eigenvalue weighted by Crippen LogP contribution is 2.36. The van der Waals surface area contributed by atoms with E-state index in [9.17, 15) is 4.39 Å². The van der Waals surface area contributed by atoms with E-state index in [1.807, 2.05) is 0 Å². The largest absolute Gasteiger partial charge is 0.497 e. The summed E-state index contributed by atoms with van der Waals surface area (Å²) in [6, 6.07) is 8.18. The Kier molecular flexibility index (Phi) is 5.36. The molecule has 7 nitrogen and oxygen atoms in total. The third-order valence-electron chi connectivity index (χ3n) is 4.15. The molecule has 0 unspecified atom stereocenters. The first-order chi connectivity index (χ1) is 13.7. The van der Waals surface area contributed by atoms with E-state index in [-0.39, 0.29) is 12.6 Å². The van der Waals surface area contributed by atoms with Crippen molar-refractivity contribution in [2.24, 2.45) is 0 Å². The molecule has 0 N–H and O–H groups in total. The molecule has 0 saturated carbocycles. The second kappa shape index (κ2) is 8.07. The Morgan fingerprint density at radius 2 is 2.04 bits per heavy atom. The minimum atomic E-state index is -0.336. The zero-order valence-corrected chi connectivity index (χ0v) is 16.0. The van der Waals surface area contributed by atoms with Gasteiger partial charge in [0.1, 0.15) is 23.1 Å². The Bertz CT molecular complexity index is 994. The van der Waals surface area contributed by atoms with Gasteiger partial charge < -0.3 is 23.4 Å². The Labute approximate surface area is 164 Å². The minimum absolute atomic E-state index is 0.151. The molecule has 0 fully saturated rings. The first-order valence-electron chi connectivity index (χ1n) is 8.38. The monoisotopic (exact) mass is 404 g/mol. The summed E-state index contributed by atoms with van der Waals surface area (Å²) in [6.07, 6.45) is 0. The van der Waals surface area contributed by atoms with E-state index in [1.165, 1.54) is 23.9 Å². The van der Waals surface area contributed by atoms with Crippen molar-refractivity contribution >= 4 is 11.8 Å². The fourth-order valence-corrected chi connectivity index (χ4v) is 3.59. The first-order valence-corrected chi connectivity index (χ1v) is 9.37. The molecule has 3 aromatic rings. The number of nitrogens with zero attached hydrogens (tertiary/aromatic N) is 2. The van der Waals surface area contributed by atoms with Gasteiger partial charge in [0, 0.05) is 22.9 Å². The summed E-state index contributed by atoms with van der Waals surface area (Å²) in [5, 5.41) is 8.50. The lowest BCUT2D eigenvalue weighted by atomic mass is 10.1. The predicted octanol–water partition coefficient (Wildman–Crippen LogP) is 4.05. The van der Waals surface area contributed by atoms with E-state index in [0.717, 1.165) is 0 Å². The van der Waals surface area contributed by atoms with Crippen molar-refractivity contribution in [1.29, 1.82) is 0 Å². The second-order valence-electron chi connectivity index (χ2n) is 5.89. The van der Waals surface area contributed by atoms with Crippen LogP contribution in [-0.4, -0.2) is 31.2 Å². The maximum atomic E-state index is 13.9. The number of methoxy groups -OCH3 is 2. The summed E-state index contributed by atoms with van der Waals surface area (Å²) in [5.74, 6) is 2.28. The van der Waals surface area contributed by atoms with Gasteiger partial charge in [-0.3, -0.25) is 0 Å². The number of benzene rings is 2. The molecular weight excluding hydrogens is 387 g/mol. The zero-order chi connectivity index (χ0) is 19.5. The lowest BCUT2D eigenvalue weighted by Crippen LogP contribution is -2.13. The maximum Gasteiger partial charge on any atom is 0.277 e. The molecule has 0 amide bonds. The van der Waals surface area contributed by atoms with Crippen molar-refractivity contribution in [2.75, 3.05) is 21.0 Å². The molecule has 0 bridgehead atoms. The van der Waals surface area contributed by atoms with Gasteiger partial charge in [-0.1, -0.05) is 11.8 Å². The first kappa shape index (κ1) is 18.6. The average molecular weight is 404 g/mol. The molecule has 0 spiro atoms. The smallest absolute Gasteiger partial charge is 0.277 e. The highest BCUT2D eigenvalue weighted by Gasteiger charge is 2.19. The normalized spacial score (nSPS) is 13.0. The molecule has 2 aromatic carbocycles. The Balaban J connectivity index is 1.53. The summed E-state index contributed by atoms with van der Waals surface area (Å²) in [7, 11) is 3.14. The molecule has 28 heavy (non-hydrogen) atoms. The number of halogens is 1. The number of ether oxygens (including phenoxy) is 4. The van der Waals surface area contributed by atoms with Crippen molar-refractivity contribution in [3.63, 3.8) is 0 Å². The van der Waals surface area contributed by atoms with E-state index < -0.39 is 0 Å². The minimum Gasteiger partial charge on any atom is -0.497 e. The summed E-state index contributed by atoms with van der Waals surface area (Å²) in [5.41, 5.74) is 2.06. The van der Waals surface area contributed by atoms with Gasteiger partial charge in [-0.05, 0) is 24.3 Å². The summed E-state index contributed by atoms with van der Waals surface area (Å²) in [4.78, 5) is 0. The van der Waals surface area contributed by atoms with E-state index in [1.54, 1.807) is 32.4 Å².